The summed E-state index contributed by atoms with van der Waals surface area (Å²) in [5.41, 5.74) is 1.21. The molecule has 0 radical (unpaired) electrons. The average molecular weight is 306 g/mol. The highest BCUT2D eigenvalue weighted by atomic mass is 35.5. The third-order valence-electron chi connectivity index (χ3n) is 2.68. The summed E-state index contributed by atoms with van der Waals surface area (Å²) in [4.78, 5) is 24.5. The number of rotatable bonds is 5. The molecular formula is C14H16ClN5O. The number of aryl methyl sites for hydroxylation is 1. The molecule has 0 fully saturated rings. The summed E-state index contributed by atoms with van der Waals surface area (Å²) < 4.78 is 0. The van der Waals surface area contributed by atoms with E-state index in [1.165, 1.54) is 6.07 Å². The Kier molecular flexibility index (Phi) is 5.05. The van der Waals surface area contributed by atoms with Gasteiger partial charge < -0.3 is 10.6 Å². The molecule has 110 valence electrons. The largest absolute Gasteiger partial charge is 0.370 e. The molecule has 1 amide bonds. The molecular weight excluding hydrogens is 290 g/mol. The van der Waals surface area contributed by atoms with Gasteiger partial charge in [0.05, 0.1) is 12.2 Å². The van der Waals surface area contributed by atoms with Crippen molar-refractivity contribution in [2.45, 2.75) is 20.4 Å². The number of carbonyl (C=O) groups is 1. The highest BCUT2D eigenvalue weighted by Crippen LogP contribution is 2.14. The van der Waals surface area contributed by atoms with E-state index in [2.05, 4.69) is 25.6 Å². The molecule has 0 bridgehead atoms. The van der Waals surface area contributed by atoms with Crippen LogP contribution in [0.4, 0.5) is 5.82 Å². The second-order valence-corrected chi connectivity index (χ2v) is 4.76. The van der Waals surface area contributed by atoms with Gasteiger partial charge in [0.2, 0.25) is 0 Å². The van der Waals surface area contributed by atoms with Crippen molar-refractivity contribution in [3.8, 4) is 0 Å². The van der Waals surface area contributed by atoms with Crippen molar-refractivity contribution in [2.75, 3.05) is 11.9 Å². The number of halogens is 1. The maximum atomic E-state index is 12.1. The number of anilines is 1. The van der Waals surface area contributed by atoms with E-state index in [1.54, 1.807) is 25.3 Å². The van der Waals surface area contributed by atoms with E-state index in [4.69, 9.17) is 11.6 Å². The summed E-state index contributed by atoms with van der Waals surface area (Å²) >= 11 is 5.92. The zero-order chi connectivity index (χ0) is 15.2. The molecule has 2 aromatic rings. The Hall–Kier alpha value is -2.21. The van der Waals surface area contributed by atoms with E-state index >= 15 is 0 Å². The van der Waals surface area contributed by atoms with E-state index in [9.17, 15) is 4.79 Å². The number of amides is 1. The summed E-state index contributed by atoms with van der Waals surface area (Å²) in [7, 11) is 0. The number of pyridine rings is 1. The Morgan fingerprint density at radius 1 is 1.33 bits per heavy atom. The van der Waals surface area contributed by atoms with Crippen LogP contribution in [0.2, 0.25) is 5.15 Å². The smallest absolute Gasteiger partial charge is 0.251 e. The molecule has 2 heterocycles. The second kappa shape index (κ2) is 6.99. The predicted octanol–water partition coefficient (Wildman–Crippen LogP) is 2.20. The summed E-state index contributed by atoms with van der Waals surface area (Å²) in [6.07, 6.45) is 1.66. The molecule has 0 aliphatic heterocycles. The first kappa shape index (κ1) is 15.2. The van der Waals surface area contributed by atoms with Crippen LogP contribution in [0, 0.1) is 6.92 Å². The minimum absolute atomic E-state index is 0.227. The van der Waals surface area contributed by atoms with Crippen molar-refractivity contribution in [2.24, 2.45) is 0 Å². The Bertz CT molecular complexity index is 647. The lowest BCUT2D eigenvalue weighted by atomic mass is 10.2. The van der Waals surface area contributed by atoms with Crippen LogP contribution in [0.3, 0.4) is 0 Å². The molecule has 6 nitrogen and oxygen atoms in total. The predicted molar refractivity (Wildman–Crippen MR) is 81.3 cm³/mol. The summed E-state index contributed by atoms with van der Waals surface area (Å²) in [6.45, 7) is 4.78. The molecule has 21 heavy (non-hydrogen) atoms. The number of carbonyl (C=O) groups excluding carboxylic acids is 1. The Morgan fingerprint density at radius 2 is 2.14 bits per heavy atom. The SMILES string of the molecule is CCNc1cc(C(=O)NCc2ccnc(C)n2)cc(Cl)n1. The highest BCUT2D eigenvalue weighted by molar-refractivity contribution is 6.29. The van der Waals surface area contributed by atoms with Crippen LogP contribution in [-0.4, -0.2) is 27.4 Å². The lowest BCUT2D eigenvalue weighted by Crippen LogP contribution is -2.23. The summed E-state index contributed by atoms with van der Waals surface area (Å²) in [5, 5.41) is 6.10. The number of hydrogen-bond acceptors (Lipinski definition) is 5. The number of hydrogen-bond donors (Lipinski definition) is 2. The normalized spacial score (nSPS) is 10.2. The van der Waals surface area contributed by atoms with Crippen LogP contribution < -0.4 is 10.6 Å². The van der Waals surface area contributed by atoms with Gasteiger partial charge in [-0.05, 0) is 32.0 Å². The molecule has 0 spiro atoms. The molecule has 2 rings (SSSR count). The van der Waals surface area contributed by atoms with Crippen LogP contribution in [0.1, 0.15) is 28.8 Å². The lowest BCUT2D eigenvalue weighted by molar-refractivity contribution is 0.0950. The Labute approximate surface area is 128 Å². The average Bonchev–Trinajstić information content (AvgIpc) is 2.44. The van der Waals surface area contributed by atoms with Gasteiger partial charge in [0.15, 0.2) is 0 Å². The van der Waals surface area contributed by atoms with E-state index in [1.807, 2.05) is 6.92 Å². The summed E-state index contributed by atoms with van der Waals surface area (Å²) in [5.74, 6) is 1.02. The molecule has 0 saturated heterocycles. The number of aromatic nitrogens is 3. The van der Waals surface area contributed by atoms with Crippen molar-refractivity contribution in [1.29, 1.82) is 0 Å². The molecule has 2 N–H and O–H groups in total. The fourth-order valence-corrected chi connectivity index (χ4v) is 1.98. The monoisotopic (exact) mass is 305 g/mol. The Morgan fingerprint density at radius 3 is 2.86 bits per heavy atom. The molecule has 2 aromatic heterocycles. The molecule has 0 unspecified atom stereocenters. The van der Waals surface area contributed by atoms with Crippen molar-refractivity contribution in [3.05, 3.63) is 46.6 Å². The van der Waals surface area contributed by atoms with Gasteiger partial charge in [0.25, 0.3) is 5.91 Å². The van der Waals surface area contributed by atoms with Crippen LogP contribution in [0.25, 0.3) is 0 Å². The number of nitrogens with zero attached hydrogens (tertiary/aromatic N) is 3. The molecule has 0 saturated carbocycles. The topological polar surface area (TPSA) is 79.8 Å². The molecule has 0 aromatic carbocycles. The van der Waals surface area contributed by atoms with Gasteiger partial charge >= 0.3 is 0 Å². The maximum Gasteiger partial charge on any atom is 0.251 e. The van der Waals surface area contributed by atoms with Gasteiger partial charge in [0.1, 0.15) is 16.8 Å². The first-order valence-corrected chi connectivity index (χ1v) is 6.94. The third-order valence-corrected chi connectivity index (χ3v) is 2.87. The third kappa shape index (κ3) is 4.39. The molecule has 0 atom stereocenters. The van der Waals surface area contributed by atoms with Gasteiger partial charge in [0, 0.05) is 18.3 Å². The van der Waals surface area contributed by atoms with Crippen LogP contribution in [0.5, 0.6) is 0 Å². The molecule has 0 aliphatic carbocycles. The van der Waals surface area contributed by atoms with E-state index in [0.717, 1.165) is 5.69 Å². The van der Waals surface area contributed by atoms with E-state index in [-0.39, 0.29) is 11.1 Å². The van der Waals surface area contributed by atoms with Crippen molar-refractivity contribution in [1.82, 2.24) is 20.3 Å². The summed E-state index contributed by atoms with van der Waals surface area (Å²) in [6, 6.07) is 4.95. The minimum atomic E-state index is -0.227. The maximum absolute atomic E-state index is 12.1. The van der Waals surface area contributed by atoms with E-state index in [0.29, 0.717) is 30.3 Å². The first-order valence-electron chi connectivity index (χ1n) is 6.56. The fraction of sp³-hybridized carbons (Fsp3) is 0.286. The standard InChI is InChI=1S/C14H16ClN5O/c1-3-16-13-7-10(6-12(15)20-13)14(21)18-8-11-4-5-17-9(2)19-11/h4-7H,3,8H2,1-2H3,(H,16,20)(H,18,21). The highest BCUT2D eigenvalue weighted by Gasteiger charge is 2.09. The quantitative estimate of drug-likeness (QED) is 0.828. The van der Waals surface area contributed by atoms with Crippen LogP contribution in [0.15, 0.2) is 24.4 Å². The molecule has 0 aliphatic rings. The zero-order valence-corrected chi connectivity index (χ0v) is 12.6. The van der Waals surface area contributed by atoms with Crippen molar-refractivity contribution in [3.63, 3.8) is 0 Å². The van der Waals surface area contributed by atoms with Gasteiger partial charge in [-0.1, -0.05) is 11.6 Å². The fourth-order valence-electron chi connectivity index (χ4n) is 1.78. The lowest BCUT2D eigenvalue weighted by Gasteiger charge is -2.08. The van der Waals surface area contributed by atoms with Crippen molar-refractivity contribution < 1.29 is 4.79 Å². The van der Waals surface area contributed by atoms with Gasteiger partial charge in [-0.25, -0.2) is 15.0 Å². The van der Waals surface area contributed by atoms with Crippen LogP contribution in [-0.2, 0) is 6.54 Å². The second-order valence-electron chi connectivity index (χ2n) is 4.37. The van der Waals surface area contributed by atoms with Gasteiger partial charge in [-0.2, -0.15) is 0 Å². The van der Waals surface area contributed by atoms with Crippen LogP contribution >= 0.6 is 11.6 Å². The zero-order valence-electron chi connectivity index (χ0n) is 11.9. The first-order chi connectivity index (χ1) is 10.1. The van der Waals surface area contributed by atoms with E-state index < -0.39 is 0 Å². The molecule has 7 heteroatoms. The number of nitrogens with one attached hydrogen (secondary N) is 2. The minimum Gasteiger partial charge on any atom is -0.370 e. The van der Waals surface area contributed by atoms with Gasteiger partial charge in [-0.3, -0.25) is 4.79 Å². The Balaban J connectivity index is 2.06. The van der Waals surface area contributed by atoms with Gasteiger partial charge in [-0.15, -0.1) is 0 Å². The van der Waals surface area contributed by atoms with Crippen molar-refractivity contribution >= 4 is 23.3 Å².